The Balaban J connectivity index is 2.14. The topological polar surface area (TPSA) is 61.0 Å². The van der Waals surface area contributed by atoms with Crippen LogP contribution in [0.5, 0.6) is 5.88 Å². The summed E-state index contributed by atoms with van der Waals surface area (Å²) in [6, 6.07) is 9.89. The van der Waals surface area contributed by atoms with Crippen LogP contribution in [0, 0.1) is 0 Å². The van der Waals surface area contributed by atoms with E-state index >= 15 is 0 Å². The fraction of sp³-hybridized carbons (Fsp3) is 0.167. The molecule has 2 N–H and O–H groups in total. The summed E-state index contributed by atoms with van der Waals surface area (Å²) in [5.41, 5.74) is 6.72. The first-order valence-electron chi connectivity index (χ1n) is 5.05. The molecule has 1 aromatic carbocycles. The van der Waals surface area contributed by atoms with Crippen LogP contribution < -0.4 is 10.5 Å². The summed E-state index contributed by atoms with van der Waals surface area (Å²) in [7, 11) is 0. The minimum atomic E-state index is -0.0970. The minimum Gasteiger partial charge on any atom is -0.467 e. The highest BCUT2D eigenvalue weighted by Gasteiger charge is 2.09. The summed E-state index contributed by atoms with van der Waals surface area (Å²) < 4.78 is 5.63. The predicted octanol–water partition coefficient (Wildman–Crippen LogP) is 2.20. The second-order valence-electron chi connectivity index (χ2n) is 3.42. The van der Waals surface area contributed by atoms with Crippen LogP contribution in [0.2, 0.25) is 0 Å². The average Bonchev–Trinajstić information content (AvgIpc) is 2.33. The van der Waals surface area contributed by atoms with Crippen LogP contribution in [0.1, 0.15) is 18.6 Å². The number of hydrogen-bond acceptors (Lipinski definition) is 4. The van der Waals surface area contributed by atoms with Crippen molar-refractivity contribution in [1.29, 1.82) is 0 Å². The Bertz CT molecular complexity index is 459. The standard InChI is InChI=1S/C12H13N3O/c1-9(10-5-3-2-4-6-10)16-12-11(13)14-7-8-15-12/h2-9H,1H3,(H2,13,14). The number of rotatable bonds is 3. The Morgan fingerprint density at radius 1 is 1.12 bits per heavy atom. The second kappa shape index (κ2) is 4.61. The Morgan fingerprint density at radius 2 is 1.81 bits per heavy atom. The van der Waals surface area contributed by atoms with Crippen LogP contribution >= 0.6 is 0 Å². The first kappa shape index (κ1) is 10.4. The number of ether oxygens (including phenoxy) is 1. The molecule has 16 heavy (non-hydrogen) atoms. The zero-order chi connectivity index (χ0) is 11.4. The van der Waals surface area contributed by atoms with Gasteiger partial charge < -0.3 is 10.5 Å². The number of hydrogen-bond donors (Lipinski definition) is 1. The molecule has 4 nitrogen and oxygen atoms in total. The molecule has 82 valence electrons. The third-order valence-electron chi connectivity index (χ3n) is 2.25. The zero-order valence-corrected chi connectivity index (χ0v) is 9.00. The van der Waals surface area contributed by atoms with Crippen molar-refractivity contribution in [2.24, 2.45) is 0 Å². The highest BCUT2D eigenvalue weighted by molar-refractivity contribution is 5.39. The summed E-state index contributed by atoms with van der Waals surface area (Å²) in [5, 5.41) is 0. The van der Waals surface area contributed by atoms with E-state index < -0.39 is 0 Å². The van der Waals surface area contributed by atoms with Crippen molar-refractivity contribution in [1.82, 2.24) is 9.97 Å². The highest BCUT2D eigenvalue weighted by Crippen LogP contribution is 2.22. The van der Waals surface area contributed by atoms with Gasteiger partial charge in [-0.15, -0.1) is 0 Å². The van der Waals surface area contributed by atoms with Crippen LogP contribution in [0.3, 0.4) is 0 Å². The van der Waals surface area contributed by atoms with Gasteiger partial charge in [-0.25, -0.2) is 9.97 Å². The molecule has 0 saturated heterocycles. The molecule has 1 aromatic heterocycles. The Hall–Kier alpha value is -2.10. The maximum absolute atomic E-state index is 5.65. The number of anilines is 1. The molecule has 0 aliphatic carbocycles. The Kier molecular flexibility index (Phi) is 3.00. The lowest BCUT2D eigenvalue weighted by Crippen LogP contribution is -2.06. The quantitative estimate of drug-likeness (QED) is 0.852. The molecule has 0 aliphatic heterocycles. The van der Waals surface area contributed by atoms with Gasteiger partial charge in [0.05, 0.1) is 0 Å². The third-order valence-corrected chi connectivity index (χ3v) is 2.25. The van der Waals surface area contributed by atoms with Gasteiger partial charge >= 0.3 is 0 Å². The summed E-state index contributed by atoms with van der Waals surface area (Å²) in [6.45, 7) is 1.95. The van der Waals surface area contributed by atoms with Crippen molar-refractivity contribution >= 4 is 5.82 Å². The van der Waals surface area contributed by atoms with Crippen LogP contribution in [0.25, 0.3) is 0 Å². The number of nitrogen functional groups attached to an aromatic ring is 1. The highest BCUT2D eigenvalue weighted by atomic mass is 16.5. The summed E-state index contributed by atoms with van der Waals surface area (Å²) >= 11 is 0. The van der Waals surface area contributed by atoms with Gasteiger partial charge in [0.25, 0.3) is 5.88 Å². The fourth-order valence-corrected chi connectivity index (χ4v) is 1.39. The van der Waals surface area contributed by atoms with Gasteiger partial charge in [-0.3, -0.25) is 0 Å². The largest absolute Gasteiger partial charge is 0.467 e. The molecule has 2 aromatic rings. The van der Waals surface area contributed by atoms with Gasteiger partial charge in [0.2, 0.25) is 0 Å². The molecule has 0 fully saturated rings. The fourth-order valence-electron chi connectivity index (χ4n) is 1.39. The van der Waals surface area contributed by atoms with E-state index in [2.05, 4.69) is 9.97 Å². The molecule has 0 amide bonds. The summed E-state index contributed by atoms with van der Waals surface area (Å²) in [6.07, 6.45) is 3.00. The molecular formula is C12H13N3O. The van der Waals surface area contributed by atoms with Crippen LogP contribution in [0.4, 0.5) is 5.82 Å². The lowest BCUT2D eigenvalue weighted by molar-refractivity contribution is 0.218. The van der Waals surface area contributed by atoms with Crippen molar-refractivity contribution in [2.45, 2.75) is 13.0 Å². The van der Waals surface area contributed by atoms with E-state index in [4.69, 9.17) is 10.5 Å². The Morgan fingerprint density at radius 3 is 2.50 bits per heavy atom. The van der Waals surface area contributed by atoms with E-state index in [0.717, 1.165) is 5.56 Å². The molecule has 2 rings (SSSR count). The lowest BCUT2D eigenvalue weighted by Gasteiger charge is -2.14. The van der Waals surface area contributed by atoms with Crippen molar-refractivity contribution in [3.63, 3.8) is 0 Å². The van der Waals surface area contributed by atoms with E-state index in [-0.39, 0.29) is 6.10 Å². The smallest absolute Gasteiger partial charge is 0.257 e. The monoisotopic (exact) mass is 215 g/mol. The first-order valence-corrected chi connectivity index (χ1v) is 5.05. The van der Waals surface area contributed by atoms with Gasteiger partial charge in [-0.1, -0.05) is 30.3 Å². The molecule has 0 bridgehead atoms. The number of nitrogens with zero attached hydrogens (tertiary/aromatic N) is 2. The normalized spacial score (nSPS) is 12.1. The SMILES string of the molecule is CC(Oc1nccnc1N)c1ccccc1. The van der Waals surface area contributed by atoms with Crippen molar-refractivity contribution in [3.05, 3.63) is 48.3 Å². The van der Waals surface area contributed by atoms with Crippen LogP contribution in [-0.2, 0) is 0 Å². The van der Waals surface area contributed by atoms with Crippen LogP contribution in [0.15, 0.2) is 42.7 Å². The molecule has 4 heteroatoms. The molecule has 0 aliphatic rings. The zero-order valence-electron chi connectivity index (χ0n) is 9.00. The van der Waals surface area contributed by atoms with E-state index in [1.807, 2.05) is 37.3 Å². The molecular weight excluding hydrogens is 202 g/mol. The molecule has 0 radical (unpaired) electrons. The third kappa shape index (κ3) is 2.28. The minimum absolute atomic E-state index is 0.0970. The Labute approximate surface area is 94.1 Å². The van der Waals surface area contributed by atoms with E-state index in [1.165, 1.54) is 6.20 Å². The molecule has 1 unspecified atom stereocenters. The van der Waals surface area contributed by atoms with Gasteiger partial charge in [-0.2, -0.15) is 0 Å². The first-order chi connectivity index (χ1) is 7.77. The summed E-state index contributed by atoms with van der Waals surface area (Å²) in [5.74, 6) is 0.684. The van der Waals surface area contributed by atoms with Gasteiger partial charge in [0, 0.05) is 12.4 Å². The number of nitrogens with two attached hydrogens (primary N) is 1. The van der Waals surface area contributed by atoms with Crippen molar-refractivity contribution in [2.75, 3.05) is 5.73 Å². The molecule has 1 atom stereocenters. The maximum Gasteiger partial charge on any atom is 0.257 e. The van der Waals surface area contributed by atoms with Gasteiger partial charge in [-0.05, 0) is 12.5 Å². The van der Waals surface area contributed by atoms with Gasteiger partial charge in [0.1, 0.15) is 6.10 Å². The molecule has 0 spiro atoms. The van der Waals surface area contributed by atoms with Crippen LogP contribution in [-0.4, -0.2) is 9.97 Å². The van der Waals surface area contributed by atoms with E-state index in [9.17, 15) is 0 Å². The molecule has 0 saturated carbocycles. The lowest BCUT2D eigenvalue weighted by atomic mass is 10.1. The number of aromatic nitrogens is 2. The molecule has 1 heterocycles. The predicted molar refractivity (Wildman–Crippen MR) is 61.9 cm³/mol. The summed E-state index contributed by atoms with van der Waals surface area (Å²) in [4.78, 5) is 7.95. The second-order valence-corrected chi connectivity index (χ2v) is 3.42. The van der Waals surface area contributed by atoms with Crippen molar-refractivity contribution in [3.8, 4) is 5.88 Å². The average molecular weight is 215 g/mol. The number of benzene rings is 1. The maximum atomic E-state index is 5.65. The van der Waals surface area contributed by atoms with E-state index in [0.29, 0.717) is 11.7 Å². The van der Waals surface area contributed by atoms with Crippen molar-refractivity contribution < 1.29 is 4.74 Å². The van der Waals surface area contributed by atoms with Gasteiger partial charge in [0.15, 0.2) is 5.82 Å². The van der Waals surface area contributed by atoms with E-state index in [1.54, 1.807) is 6.20 Å².